The molecule has 2 aliphatic rings. The Balaban J connectivity index is 0.00000107. The van der Waals surface area contributed by atoms with Gasteiger partial charge in [-0.05, 0) is 110 Å². The number of allylic oxidation sites excluding steroid dienone is 10. The summed E-state index contributed by atoms with van der Waals surface area (Å²) in [5, 5.41) is 1.10. The van der Waals surface area contributed by atoms with Crippen molar-refractivity contribution in [1.29, 1.82) is 0 Å². The van der Waals surface area contributed by atoms with Crippen LogP contribution in [0.15, 0.2) is 212 Å². The molecular weight excluding hydrogens is 819 g/mol. The van der Waals surface area contributed by atoms with Crippen LogP contribution in [-0.2, 0) is 6.42 Å². The first-order chi connectivity index (χ1) is 33.2. The highest BCUT2D eigenvalue weighted by molar-refractivity contribution is 6.01. The lowest BCUT2D eigenvalue weighted by Gasteiger charge is -2.25. The Bertz CT molecular complexity index is 3020. The molecule has 10 rings (SSSR count). The minimum atomic E-state index is 0.608. The molecule has 0 atom stereocenters. The molecule has 0 radical (unpaired) electrons. The standard InChI is InChI=1S/C55H43N5O.2C2H6.C2H4/c1-2-3-9-30-51-56-49(40-20-10-4-5-11-21-40)38-52(58-51)60-50-36-33-42(39-31-34-45(35-32-39)59(43-24-14-7-15-25-43)44-26-16-8-17-27-44)37-47(50)46-28-18-19-29-48-54(53(46)60)61-55(57-48)41-22-12-6-13-23-41;3*1-2/h2-18,20,22-28,30-38H,19,21,29H2,1H3;2*1-2H3;1-2H2/b3-2-,28-18-,30-9+;;;. The summed E-state index contributed by atoms with van der Waals surface area (Å²) < 4.78 is 9.13. The molecule has 2 aliphatic carbocycles. The fourth-order valence-corrected chi connectivity index (χ4v) is 8.19. The van der Waals surface area contributed by atoms with Crippen LogP contribution < -0.4 is 4.90 Å². The van der Waals surface area contributed by atoms with E-state index in [0.29, 0.717) is 11.7 Å². The van der Waals surface area contributed by atoms with Gasteiger partial charge in [0.15, 0.2) is 11.6 Å². The van der Waals surface area contributed by atoms with E-state index < -0.39 is 0 Å². The van der Waals surface area contributed by atoms with Crippen molar-refractivity contribution >= 4 is 45.7 Å². The van der Waals surface area contributed by atoms with E-state index in [1.807, 2.05) is 89.3 Å². The molecule has 0 fully saturated rings. The molecule has 0 bridgehead atoms. The van der Waals surface area contributed by atoms with Gasteiger partial charge in [-0.1, -0.05) is 161 Å². The molecule has 3 aromatic heterocycles. The van der Waals surface area contributed by atoms with Gasteiger partial charge < -0.3 is 9.32 Å². The Kier molecular flexibility index (Phi) is 16.2. The molecule has 3 heterocycles. The second-order valence-electron chi connectivity index (χ2n) is 15.0. The maximum Gasteiger partial charge on any atom is 0.227 e. The van der Waals surface area contributed by atoms with Gasteiger partial charge in [0.1, 0.15) is 11.5 Å². The van der Waals surface area contributed by atoms with Crippen LogP contribution in [-0.4, -0.2) is 19.5 Å². The number of anilines is 3. The quantitative estimate of drug-likeness (QED) is 0.107. The van der Waals surface area contributed by atoms with Crippen molar-refractivity contribution in [3.63, 3.8) is 0 Å². The molecule has 0 N–H and O–H groups in total. The Morgan fingerprint density at radius 3 is 1.99 bits per heavy atom. The molecular formula is C61H59N5O. The summed E-state index contributed by atoms with van der Waals surface area (Å²) in [6.45, 7) is 16.0. The predicted molar refractivity (Wildman–Crippen MR) is 286 cm³/mol. The van der Waals surface area contributed by atoms with Crippen LogP contribution in [0.3, 0.4) is 0 Å². The number of benzene rings is 5. The number of hydrogen-bond donors (Lipinski definition) is 0. The van der Waals surface area contributed by atoms with E-state index in [2.05, 4.69) is 174 Å². The SMILES string of the molecule is C/C=C\C=C\c1nc(C2=CC=CC=CC2)cc(-n2c3c(c4cc(-c5ccc(N(c6ccccc6)c6ccccc6)cc5)ccc42)/C=C\CCc2nc(-c4ccccc4)oc2-3)n1.C=C.CC.CC. The van der Waals surface area contributed by atoms with Crippen molar-refractivity contribution in [1.82, 2.24) is 19.5 Å². The first kappa shape index (κ1) is 46.9. The Morgan fingerprint density at radius 1 is 0.642 bits per heavy atom. The molecule has 0 amide bonds. The number of aromatic nitrogens is 4. The lowest BCUT2D eigenvalue weighted by Crippen LogP contribution is -2.09. The summed E-state index contributed by atoms with van der Waals surface area (Å²) in [7, 11) is 0. The molecule has 5 aromatic carbocycles. The van der Waals surface area contributed by atoms with Crippen LogP contribution >= 0.6 is 0 Å². The fourth-order valence-electron chi connectivity index (χ4n) is 8.19. The van der Waals surface area contributed by atoms with Crippen molar-refractivity contribution in [2.45, 2.75) is 53.9 Å². The Hall–Kier alpha value is -8.09. The van der Waals surface area contributed by atoms with Gasteiger partial charge in [0, 0.05) is 39.6 Å². The fraction of sp³-hybridized carbons (Fsp3) is 0.131. The van der Waals surface area contributed by atoms with Gasteiger partial charge in [-0.3, -0.25) is 4.57 Å². The number of nitrogens with zero attached hydrogens (tertiary/aromatic N) is 5. The van der Waals surface area contributed by atoms with Gasteiger partial charge in [0.25, 0.3) is 0 Å². The largest absolute Gasteiger partial charge is 0.434 e. The van der Waals surface area contributed by atoms with E-state index in [9.17, 15) is 0 Å². The maximum atomic E-state index is 6.88. The van der Waals surface area contributed by atoms with Crippen LogP contribution in [0.4, 0.5) is 17.1 Å². The van der Waals surface area contributed by atoms with Crippen molar-refractivity contribution in [3.8, 4) is 39.9 Å². The number of hydrogen-bond acceptors (Lipinski definition) is 5. The third-order valence-electron chi connectivity index (χ3n) is 11.1. The van der Waals surface area contributed by atoms with E-state index in [1.165, 1.54) is 0 Å². The molecule has 0 saturated heterocycles. The minimum absolute atomic E-state index is 0.608. The third-order valence-corrected chi connectivity index (χ3v) is 11.1. The summed E-state index contributed by atoms with van der Waals surface area (Å²) in [6, 6.07) is 48.9. The second-order valence-corrected chi connectivity index (χ2v) is 15.0. The van der Waals surface area contributed by atoms with Crippen molar-refractivity contribution in [2.75, 3.05) is 4.90 Å². The molecule has 8 aromatic rings. The average molecular weight is 878 g/mol. The Morgan fingerprint density at radius 2 is 1.30 bits per heavy atom. The monoisotopic (exact) mass is 877 g/mol. The third kappa shape index (κ3) is 10.4. The number of aryl methyl sites for hydroxylation is 1. The highest BCUT2D eigenvalue weighted by Gasteiger charge is 2.28. The summed E-state index contributed by atoms with van der Waals surface area (Å²) in [5.74, 6) is 2.75. The first-order valence-electron chi connectivity index (χ1n) is 23.3. The normalized spacial score (nSPS) is 13.1. The average Bonchev–Trinajstić information content (AvgIpc) is 3.81. The molecule has 0 aliphatic heterocycles. The highest BCUT2D eigenvalue weighted by Crippen LogP contribution is 2.44. The maximum absolute atomic E-state index is 6.88. The number of oxazole rings is 1. The van der Waals surface area contributed by atoms with Gasteiger partial charge >= 0.3 is 0 Å². The van der Waals surface area contributed by atoms with Crippen molar-refractivity contribution in [2.24, 2.45) is 0 Å². The number of fused-ring (bicyclic) bond motifs is 5. The van der Waals surface area contributed by atoms with Crippen LogP contribution in [0.5, 0.6) is 0 Å². The summed E-state index contributed by atoms with van der Waals surface area (Å²) >= 11 is 0. The van der Waals surface area contributed by atoms with Gasteiger partial charge in [-0.25, -0.2) is 15.0 Å². The topological polar surface area (TPSA) is 60.0 Å². The van der Waals surface area contributed by atoms with E-state index in [1.54, 1.807) is 0 Å². The van der Waals surface area contributed by atoms with Gasteiger partial charge in [0.05, 0.1) is 16.9 Å². The van der Waals surface area contributed by atoms with Crippen molar-refractivity contribution < 1.29 is 4.42 Å². The van der Waals surface area contributed by atoms with Crippen molar-refractivity contribution in [3.05, 3.63) is 230 Å². The van der Waals surface area contributed by atoms with Crippen LogP contribution in [0.25, 0.3) is 68.5 Å². The predicted octanol–water partition coefficient (Wildman–Crippen LogP) is 17.2. The van der Waals surface area contributed by atoms with E-state index in [4.69, 9.17) is 19.4 Å². The first-order valence-corrected chi connectivity index (χ1v) is 23.3. The molecule has 0 saturated carbocycles. The zero-order chi connectivity index (χ0) is 47.0. The van der Waals surface area contributed by atoms with Gasteiger partial charge in [0.2, 0.25) is 5.89 Å². The van der Waals surface area contributed by atoms with E-state index >= 15 is 0 Å². The lowest BCUT2D eigenvalue weighted by molar-refractivity contribution is 0.583. The highest BCUT2D eigenvalue weighted by atomic mass is 16.4. The van der Waals surface area contributed by atoms with Crippen LogP contribution in [0.1, 0.15) is 70.2 Å². The lowest BCUT2D eigenvalue weighted by atomic mass is 9.99. The molecule has 6 nitrogen and oxygen atoms in total. The molecule has 0 spiro atoms. The number of rotatable bonds is 9. The van der Waals surface area contributed by atoms with Crippen LogP contribution in [0, 0.1) is 0 Å². The molecule has 334 valence electrons. The summed E-state index contributed by atoms with van der Waals surface area (Å²) in [5.41, 5.74) is 12.4. The molecule has 67 heavy (non-hydrogen) atoms. The molecule has 0 unspecified atom stereocenters. The smallest absolute Gasteiger partial charge is 0.227 e. The van der Waals surface area contributed by atoms with E-state index in [0.717, 1.165) is 104 Å². The summed E-state index contributed by atoms with van der Waals surface area (Å²) in [4.78, 5) is 17.7. The van der Waals surface area contributed by atoms with E-state index in [-0.39, 0.29) is 0 Å². The number of para-hydroxylation sites is 2. The van der Waals surface area contributed by atoms with Gasteiger partial charge in [-0.2, -0.15) is 0 Å². The van der Waals surface area contributed by atoms with Gasteiger partial charge in [-0.15, -0.1) is 13.2 Å². The zero-order valence-corrected chi connectivity index (χ0v) is 39.3. The summed E-state index contributed by atoms with van der Waals surface area (Å²) in [6.07, 6.45) is 25.3. The minimum Gasteiger partial charge on any atom is -0.434 e. The second kappa shape index (κ2) is 23.2. The Labute approximate surface area is 396 Å². The zero-order valence-electron chi connectivity index (χ0n) is 39.3. The van der Waals surface area contributed by atoms with Crippen LogP contribution in [0.2, 0.25) is 0 Å². The molecule has 6 heteroatoms.